The van der Waals surface area contributed by atoms with Crippen molar-refractivity contribution in [2.75, 3.05) is 12.3 Å². The lowest BCUT2D eigenvalue weighted by molar-refractivity contribution is -0.174. The highest BCUT2D eigenvalue weighted by atomic mass is 32.2. The maximum Gasteiger partial charge on any atom is 0.266 e. The summed E-state index contributed by atoms with van der Waals surface area (Å²) in [6, 6.07) is 0. The number of nitrogens with one attached hydrogen (secondary N) is 1. The molecule has 4 saturated carbocycles. The molecular weight excluding hydrogens is 454 g/mol. The molecule has 4 aliphatic carbocycles. The van der Waals surface area contributed by atoms with Gasteiger partial charge in [0.15, 0.2) is 0 Å². The van der Waals surface area contributed by atoms with Gasteiger partial charge in [0.1, 0.15) is 0 Å². The highest BCUT2D eigenvalue weighted by Crippen LogP contribution is 2.68. The number of hydrogen-bond acceptors (Lipinski definition) is 5. The molecule has 0 radical (unpaired) electrons. The van der Waals surface area contributed by atoms with Gasteiger partial charge in [-0.25, -0.2) is 0 Å². The number of fused-ring (bicyclic) bond motifs is 5. The minimum absolute atomic E-state index is 0.0756. The van der Waals surface area contributed by atoms with Gasteiger partial charge in [-0.2, -0.15) is 8.42 Å². The van der Waals surface area contributed by atoms with Crippen LogP contribution in [-0.2, 0) is 14.9 Å². The lowest BCUT2D eigenvalue weighted by Crippen LogP contribution is -2.58. The lowest BCUT2D eigenvalue weighted by Gasteiger charge is -2.62. The van der Waals surface area contributed by atoms with E-state index < -0.39 is 15.9 Å². The molecular formula is C26H45NO6S. The second-order valence-corrected chi connectivity index (χ2v) is 14.1. The molecule has 196 valence electrons. The fourth-order valence-electron chi connectivity index (χ4n) is 9.13. The molecule has 0 aliphatic heterocycles. The van der Waals surface area contributed by atoms with E-state index in [9.17, 15) is 23.4 Å². The summed E-state index contributed by atoms with van der Waals surface area (Å²) in [5.74, 6) is 2.28. The van der Waals surface area contributed by atoms with Crippen LogP contribution in [0.5, 0.6) is 0 Å². The Morgan fingerprint density at radius 3 is 2.50 bits per heavy atom. The average Bonchev–Trinajstić information content (AvgIpc) is 3.11. The van der Waals surface area contributed by atoms with E-state index in [4.69, 9.17) is 4.55 Å². The SMILES string of the molecule is C[C@H](CCC(=O)NCCS(=O)(=O)O)[C@H]1CC[C@H]2[C@@H]3CC[C@@H]4C[C@H](O)CC[C@]4(C)[C@H]3C[C@H](O)[C@@]12C. The molecule has 1 amide bonds. The minimum Gasteiger partial charge on any atom is -0.393 e. The number of amides is 1. The van der Waals surface area contributed by atoms with Crippen molar-refractivity contribution in [3.63, 3.8) is 0 Å². The van der Waals surface area contributed by atoms with Gasteiger partial charge in [0, 0.05) is 13.0 Å². The van der Waals surface area contributed by atoms with Crippen molar-refractivity contribution >= 4 is 16.0 Å². The van der Waals surface area contributed by atoms with Crippen molar-refractivity contribution in [2.24, 2.45) is 46.3 Å². The molecule has 0 aromatic heterocycles. The molecule has 0 bridgehead atoms. The Bertz CT molecular complexity index is 863. The van der Waals surface area contributed by atoms with Crippen LogP contribution in [0, 0.1) is 46.3 Å². The maximum absolute atomic E-state index is 12.2. The quantitative estimate of drug-likeness (QED) is 0.398. The third-order valence-electron chi connectivity index (χ3n) is 11.0. The molecule has 8 heteroatoms. The van der Waals surface area contributed by atoms with E-state index in [1.54, 1.807) is 0 Å². The van der Waals surface area contributed by atoms with E-state index in [1.807, 2.05) is 0 Å². The Morgan fingerprint density at radius 1 is 1.06 bits per heavy atom. The van der Waals surface area contributed by atoms with Crippen molar-refractivity contribution in [3.05, 3.63) is 0 Å². The number of aliphatic hydroxyl groups is 2. The third kappa shape index (κ3) is 4.81. The van der Waals surface area contributed by atoms with Gasteiger partial charge in [-0.05, 0) is 104 Å². The van der Waals surface area contributed by atoms with Crippen molar-refractivity contribution < 1.29 is 28.0 Å². The number of hydrogen-bond donors (Lipinski definition) is 4. The summed E-state index contributed by atoms with van der Waals surface area (Å²) in [5, 5.41) is 24.5. The Hall–Kier alpha value is -0.700. The van der Waals surface area contributed by atoms with Crippen LogP contribution in [-0.4, -0.2) is 53.6 Å². The Morgan fingerprint density at radius 2 is 1.79 bits per heavy atom. The number of carbonyl (C=O) groups is 1. The van der Waals surface area contributed by atoms with Crippen molar-refractivity contribution in [1.29, 1.82) is 0 Å². The normalized spacial score (nSPS) is 45.1. The molecule has 0 saturated heterocycles. The van der Waals surface area contributed by atoms with Crippen LogP contribution in [0.15, 0.2) is 0 Å². The van der Waals surface area contributed by atoms with Crippen molar-refractivity contribution in [2.45, 2.75) is 97.2 Å². The summed E-state index contributed by atoms with van der Waals surface area (Å²) < 4.78 is 30.5. The van der Waals surface area contributed by atoms with Crippen LogP contribution in [0.3, 0.4) is 0 Å². The van der Waals surface area contributed by atoms with E-state index in [0.717, 1.165) is 38.5 Å². The van der Waals surface area contributed by atoms with Crippen LogP contribution in [0.25, 0.3) is 0 Å². The topological polar surface area (TPSA) is 124 Å². The number of aliphatic hydroxyl groups excluding tert-OH is 2. The molecule has 7 nitrogen and oxygen atoms in total. The fourth-order valence-corrected chi connectivity index (χ4v) is 9.49. The molecule has 10 atom stereocenters. The molecule has 34 heavy (non-hydrogen) atoms. The standard InChI is InChI=1S/C26H45NO6S/c1-16(4-9-24(30)27-12-13-34(31,32)33)20-7-8-21-19-6-5-17-14-18(28)10-11-25(17,2)22(19)15-23(29)26(20,21)3/h16-23,28-29H,4-15H2,1-3H3,(H,27,30)(H,31,32,33)/t16-,17-,18-,19+,20-,21+,22+,23+,25+,26+/m1/s1. The van der Waals surface area contributed by atoms with Gasteiger partial charge in [-0.1, -0.05) is 20.8 Å². The van der Waals surface area contributed by atoms with Gasteiger partial charge in [0.25, 0.3) is 10.1 Å². The van der Waals surface area contributed by atoms with Gasteiger partial charge >= 0.3 is 0 Å². The van der Waals surface area contributed by atoms with Gasteiger partial charge in [-0.3, -0.25) is 9.35 Å². The first-order chi connectivity index (χ1) is 15.9. The second kappa shape index (κ2) is 9.64. The van der Waals surface area contributed by atoms with E-state index in [-0.39, 0.29) is 35.5 Å². The van der Waals surface area contributed by atoms with Crippen LogP contribution in [0.4, 0.5) is 0 Å². The van der Waals surface area contributed by atoms with E-state index >= 15 is 0 Å². The zero-order valence-electron chi connectivity index (χ0n) is 21.1. The van der Waals surface area contributed by atoms with Gasteiger partial charge in [-0.15, -0.1) is 0 Å². The summed E-state index contributed by atoms with van der Waals surface area (Å²) in [4.78, 5) is 12.2. The minimum atomic E-state index is -4.07. The first-order valence-electron chi connectivity index (χ1n) is 13.4. The predicted octanol–water partition coefficient (Wildman–Crippen LogP) is 3.40. The zero-order valence-corrected chi connectivity index (χ0v) is 21.9. The van der Waals surface area contributed by atoms with Crippen molar-refractivity contribution in [1.82, 2.24) is 5.32 Å². The van der Waals surface area contributed by atoms with E-state index in [2.05, 4.69) is 26.1 Å². The molecule has 4 aliphatic rings. The predicted molar refractivity (Wildman–Crippen MR) is 130 cm³/mol. The molecule has 0 aromatic carbocycles. The van der Waals surface area contributed by atoms with Crippen LogP contribution >= 0.6 is 0 Å². The Labute approximate surface area is 205 Å². The van der Waals surface area contributed by atoms with Crippen LogP contribution in [0.1, 0.15) is 85.0 Å². The van der Waals surface area contributed by atoms with Crippen molar-refractivity contribution in [3.8, 4) is 0 Å². The lowest BCUT2D eigenvalue weighted by atomic mass is 9.43. The molecule has 4 rings (SSSR count). The van der Waals surface area contributed by atoms with E-state index in [0.29, 0.717) is 48.3 Å². The van der Waals surface area contributed by atoms with Gasteiger partial charge in [0.2, 0.25) is 5.91 Å². The highest BCUT2D eigenvalue weighted by Gasteiger charge is 2.63. The average molecular weight is 500 g/mol. The van der Waals surface area contributed by atoms with Gasteiger partial charge < -0.3 is 15.5 Å². The van der Waals surface area contributed by atoms with Gasteiger partial charge in [0.05, 0.1) is 18.0 Å². The highest BCUT2D eigenvalue weighted by molar-refractivity contribution is 7.85. The van der Waals surface area contributed by atoms with E-state index in [1.165, 1.54) is 12.8 Å². The summed E-state index contributed by atoms with van der Waals surface area (Å²) in [6.07, 6.45) is 8.93. The Balaban J connectivity index is 1.40. The summed E-state index contributed by atoms with van der Waals surface area (Å²) in [5.41, 5.74) is 0.105. The molecule has 4 N–H and O–H groups in total. The molecule has 4 fully saturated rings. The number of rotatable bonds is 7. The number of carbonyl (C=O) groups excluding carboxylic acids is 1. The first kappa shape index (κ1) is 26.4. The summed E-state index contributed by atoms with van der Waals surface area (Å²) in [6.45, 7) is 6.86. The molecule has 0 unspecified atom stereocenters. The maximum atomic E-state index is 12.2. The first-order valence-corrected chi connectivity index (χ1v) is 15.0. The largest absolute Gasteiger partial charge is 0.393 e. The third-order valence-corrected chi connectivity index (χ3v) is 11.7. The Kier molecular flexibility index (Phi) is 7.47. The fraction of sp³-hybridized carbons (Fsp3) is 0.962. The smallest absolute Gasteiger partial charge is 0.266 e. The monoisotopic (exact) mass is 499 g/mol. The second-order valence-electron chi connectivity index (χ2n) is 12.5. The molecule has 0 aromatic rings. The molecule has 0 spiro atoms. The van der Waals surface area contributed by atoms with Crippen LogP contribution < -0.4 is 5.32 Å². The summed E-state index contributed by atoms with van der Waals surface area (Å²) >= 11 is 0. The zero-order chi connectivity index (χ0) is 24.9. The molecule has 0 heterocycles. The van der Waals surface area contributed by atoms with Crippen LogP contribution in [0.2, 0.25) is 0 Å². The summed E-state index contributed by atoms with van der Waals surface area (Å²) in [7, 11) is -4.07.